The number of benzene rings is 2. The highest BCUT2D eigenvalue weighted by Crippen LogP contribution is 2.36. The van der Waals surface area contributed by atoms with Crippen LogP contribution in [0.3, 0.4) is 0 Å². The van der Waals surface area contributed by atoms with E-state index in [1.165, 1.54) is 35.5 Å². The van der Waals surface area contributed by atoms with E-state index in [2.05, 4.69) is 0 Å². The lowest BCUT2D eigenvalue weighted by molar-refractivity contribution is -0.379. The van der Waals surface area contributed by atoms with E-state index in [-0.39, 0.29) is 25.9 Å². The van der Waals surface area contributed by atoms with Gasteiger partial charge in [0.25, 0.3) is 0 Å². The Morgan fingerprint density at radius 3 is 1.62 bits per heavy atom. The van der Waals surface area contributed by atoms with Crippen LogP contribution in [-0.2, 0) is 72.9 Å². The van der Waals surface area contributed by atoms with Gasteiger partial charge in [-0.05, 0) is 24.6 Å². The summed E-state index contributed by atoms with van der Waals surface area (Å²) < 4.78 is 85.4. The third-order valence-electron chi connectivity index (χ3n) is 10.4. The summed E-state index contributed by atoms with van der Waals surface area (Å²) >= 11 is 0. The molecule has 56 heavy (non-hydrogen) atoms. The van der Waals surface area contributed by atoms with Crippen molar-refractivity contribution in [3.8, 4) is 0 Å². The van der Waals surface area contributed by atoms with Gasteiger partial charge in [-0.15, -0.1) is 0 Å². The highest BCUT2D eigenvalue weighted by atomic mass is 16.8. The first-order chi connectivity index (χ1) is 27.2. The number of hydrogen-bond acceptors (Lipinski definition) is 16. The van der Waals surface area contributed by atoms with Crippen molar-refractivity contribution < 1.29 is 76.2 Å². The number of carbonyl (C=O) groups excluding carboxylic acids is 1. The van der Waals surface area contributed by atoms with Crippen molar-refractivity contribution >= 4 is 5.97 Å². The molecule has 3 saturated heterocycles. The maximum absolute atomic E-state index is 12.8. The highest BCUT2D eigenvalue weighted by Gasteiger charge is 2.55. The number of aliphatic hydroxyl groups excluding tert-OH is 1. The molecule has 0 aliphatic carbocycles. The van der Waals surface area contributed by atoms with E-state index in [4.69, 9.17) is 66.3 Å². The van der Waals surface area contributed by atoms with Crippen molar-refractivity contribution in [2.24, 2.45) is 0 Å². The minimum Gasteiger partial charge on any atom is -0.459 e. The molecule has 0 saturated carbocycles. The van der Waals surface area contributed by atoms with E-state index in [9.17, 15) is 9.90 Å². The van der Waals surface area contributed by atoms with E-state index in [1.807, 2.05) is 37.3 Å². The van der Waals surface area contributed by atoms with Crippen molar-refractivity contribution in [1.82, 2.24) is 0 Å². The van der Waals surface area contributed by atoms with Gasteiger partial charge in [0.05, 0.1) is 31.5 Å². The van der Waals surface area contributed by atoms with Crippen LogP contribution < -0.4 is 0 Å². The molecule has 16 heteroatoms. The quantitative estimate of drug-likeness (QED) is 0.206. The van der Waals surface area contributed by atoms with Crippen LogP contribution >= 0.6 is 0 Å². The maximum atomic E-state index is 12.8. The smallest absolute Gasteiger partial charge is 0.338 e. The van der Waals surface area contributed by atoms with Crippen LogP contribution in [-0.4, -0.2) is 173 Å². The van der Waals surface area contributed by atoms with Gasteiger partial charge >= 0.3 is 5.97 Å². The van der Waals surface area contributed by atoms with Crippen molar-refractivity contribution in [2.75, 3.05) is 69.6 Å². The molecule has 5 rings (SSSR count). The summed E-state index contributed by atoms with van der Waals surface area (Å²) in [7, 11) is 10.6. The molecule has 3 aliphatic heterocycles. The second-order valence-corrected chi connectivity index (χ2v) is 13.8. The molecule has 2 aromatic carbocycles. The molecule has 2 aromatic rings. The van der Waals surface area contributed by atoms with Crippen LogP contribution in [0.2, 0.25) is 0 Å². The molecule has 0 spiro atoms. The number of ether oxygens (including phenoxy) is 14. The van der Waals surface area contributed by atoms with Gasteiger partial charge in [0.1, 0.15) is 79.9 Å². The largest absolute Gasteiger partial charge is 0.459 e. The van der Waals surface area contributed by atoms with E-state index >= 15 is 0 Å². The van der Waals surface area contributed by atoms with Crippen LogP contribution in [0, 0.1) is 0 Å². The summed E-state index contributed by atoms with van der Waals surface area (Å²) in [6.45, 7) is 2.24. The lowest BCUT2D eigenvalue weighted by Gasteiger charge is -2.50. The van der Waals surface area contributed by atoms with Crippen molar-refractivity contribution in [3.05, 3.63) is 71.8 Å². The van der Waals surface area contributed by atoms with E-state index < -0.39 is 91.8 Å². The predicted molar refractivity (Wildman–Crippen MR) is 197 cm³/mol. The molecule has 6 unspecified atom stereocenters. The molecular weight excluding hydrogens is 736 g/mol. The molecule has 0 aromatic heterocycles. The van der Waals surface area contributed by atoms with Gasteiger partial charge in [0.2, 0.25) is 0 Å². The number of carbonyl (C=O) groups is 1. The van der Waals surface area contributed by atoms with Gasteiger partial charge in [-0.25, -0.2) is 4.79 Å². The summed E-state index contributed by atoms with van der Waals surface area (Å²) in [5.74, 6) is -0.577. The zero-order valence-electron chi connectivity index (χ0n) is 33.3. The Balaban J connectivity index is 1.36. The zero-order chi connectivity index (χ0) is 40.2. The Hall–Kier alpha value is -2.65. The normalized spacial score (nSPS) is 36.3. The standard InChI is InChI=1S/C40H58O16/c1-23-30(44-3)34(46-5)32(28(52-23)21-50-19-24-15-11-9-12-16-24)56-40-37(49-8)35(47-6)31(27(54-40)20-43-2)55-39-36(48-7)33(45-4)29(41)26(53-39)22-51-38(42)25-17-13-10-14-18-25/h9-18,23,26-37,39-41H,19-22H2,1-8H3/t23-,26+,27+,28?,29+,30?,31+,32-,33?,34+,35?,36?,37?,39+,40+/m0/s1. The first-order valence-corrected chi connectivity index (χ1v) is 18.7. The second kappa shape index (κ2) is 21.9. The van der Waals surface area contributed by atoms with Gasteiger partial charge in [-0.2, -0.15) is 0 Å². The van der Waals surface area contributed by atoms with Crippen molar-refractivity contribution in [3.63, 3.8) is 0 Å². The summed E-state index contributed by atoms with van der Waals surface area (Å²) in [5, 5.41) is 11.2. The van der Waals surface area contributed by atoms with Crippen LogP contribution in [0.25, 0.3) is 0 Å². The molecule has 314 valence electrons. The highest BCUT2D eigenvalue weighted by molar-refractivity contribution is 5.89. The third-order valence-corrected chi connectivity index (χ3v) is 10.4. The molecule has 15 atom stereocenters. The Morgan fingerprint density at radius 2 is 1.07 bits per heavy atom. The first-order valence-electron chi connectivity index (χ1n) is 18.7. The lowest BCUT2D eigenvalue weighted by atomic mass is 9.94. The number of methoxy groups -OCH3 is 7. The summed E-state index contributed by atoms with van der Waals surface area (Å²) in [4.78, 5) is 12.8. The average molecular weight is 795 g/mol. The summed E-state index contributed by atoms with van der Waals surface area (Å²) in [5.41, 5.74) is 1.37. The molecule has 3 aliphatic rings. The van der Waals surface area contributed by atoms with E-state index in [1.54, 1.807) is 44.6 Å². The Morgan fingerprint density at radius 1 is 0.571 bits per heavy atom. The fourth-order valence-electron chi connectivity index (χ4n) is 7.61. The van der Waals surface area contributed by atoms with Gasteiger partial charge in [0, 0.05) is 49.8 Å². The van der Waals surface area contributed by atoms with Gasteiger partial charge < -0.3 is 71.4 Å². The minimum atomic E-state index is -1.23. The molecule has 3 fully saturated rings. The van der Waals surface area contributed by atoms with Crippen LogP contribution in [0.4, 0.5) is 0 Å². The van der Waals surface area contributed by atoms with Crippen LogP contribution in [0.5, 0.6) is 0 Å². The van der Waals surface area contributed by atoms with Gasteiger partial charge in [-0.3, -0.25) is 0 Å². The number of hydrogen-bond donors (Lipinski definition) is 1. The molecular formula is C40H58O16. The lowest BCUT2D eigenvalue weighted by Crippen LogP contribution is -2.67. The Bertz CT molecular complexity index is 1420. The maximum Gasteiger partial charge on any atom is 0.338 e. The topological polar surface area (TPSA) is 167 Å². The number of aliphatic hydroxyl groups is 1. The Kier molecular flexibility index (Phi) is 17.4. The summed E-state index contributed by atoms with van der Waals surface area (Å²) in [6, 6.07) is 18.3. The molecule has 16 nitrogen and oxygen atoms in total. The van der Waals surface area contributed by atoms with Crippen LogP contribution in [0.1, 0.15) is 22.8 Å². The van der Waals surface area contributed by atoms with E-state index in [0.29, 0.717) is 12.2 Å². The first kappa shape index (κ1) is 44.5. The Labute approximate surface area is 328 Å². The third kappa shape index (κ3) is 10.5. The van der Waals surface area contributed by atoms with Crippen LogP contribution in [0.15, 0.2) is 60.7 Å². The second-order valence-electron chi connectivity index (χ2n) is 13.8. The zero-order valence-corrected chi connectivity index (χ0v) is 33.3. The van der Waals surface area contributed by atoms with Gasteiger partial charge in [0.15, 0.2) is 12.6 Å². The molecule has 0 amide bonds. The molecule has 3 heterocycles. The SMILES string of the molecule is COC[C@H]1O[C@H](O[C@H]2C(COCc3ccccc3)O[C@@H](C)C(OC)[C@H]2OC)C(OC)C(OC)[C@@H]1O[C@H]1O[C@H](COC(=O)c2ccccc2)[C@@H](O)C(OC)C1OC. The fraction of sp³-hybridized carbons (Fsp3) is 0.675. The predicted octanol–water partition coefficient (Wildman–Crippen LogP) is 2.17. The molecule has 0 bridgehead atoms. The number of esters is 1. The van der Waals surface area contributed by atoms with Crippen molar-refractivity contribution in [2.45, 2.75) is 105 Å². The molecule has 0 radical (unpaired) electrons. The summed E-state index contributed by atoms with van der Waals surface area (Å²) in [6.07, 6.45) is -12.4. The van der Waals surface area contributed by atoms with Gasteiger partial charge in [-0.1, -0.05) is 48.5 Å². The fourth-order valence-corrected chi connectivity index (χ4v) is 7.61. The van der Waals surface area contributed by atoms with E-state index in [0.717, 1.165) is 5.56 Å². The average Bonchev–Trinajstić information content (AvgIpc) is 3.22. The van der Waals surface area contributed by atoms with Crippen molar-refractivity contribution in [1.29, 1.82) is 0 Å². The number of rotatable bonds is 19. The molecule has 1 N–H and O–H groups in total. The monoisotopic (exact) mass is 794 g/mol. The minimum absolute atomic E-state index is 0.0514.